The molecule has 0 saturated carbocycles. The molecule has 0 radical (unpaired) electrons. The predicted octanol–water partition coefficient (Wildman–Crippen LogP) is 1.02. The number of hydrogen-bond donors (Lipinski definition) is 2. The van der Waals surface area contributed by atoms with E-state index in [1.54, 1.807) is 7.11 Å². The lowest BCUT2D eigenvalue weighted by atomic mass is 10.2. The first-order valence-corrected chi connectivity index (χ1v) is 5.10. The van der Waals surface area contributed by atoms with Crippen LogP contribution in [-0.2, 0) is 11.3 Å². The van der Waals surface area contributed by atoms with Crippen LogP contribution in [0.1, 0.15) is 5.56 Å². The smallest absolute Gasteiger partial charge is 0.189 e. The van der Waals surface area contributed by atoms with E-state index in [0.717, 1.165) is 18.2 Å². The molecule has 0 bridgehead atoms. The summed E-state index contributed by atoms with van der Waals surface area (Å²) in [6.45, 7) is 0.997. The van der Waals surface area contributed by atoms with Gasteiger partial charge in [0.1, 0.15) is 11.6 Å². The predicted molar refractivity (Wildman–Crippen MR) is 61.6 cm³/mol. The number of methoxy groups -OCH3 is 1. The molecular weight excluding hydrogens is 228 g/mol. The summed E-state index contributed by atoms with van der Waals surface area (Å²) in [4.78, 5) is 3.89. The maximum absolute atomic E-state index is 13.2. The second-order valence-electron chi connectivity index (χ2n) is 3.36. The van der Waals surface area contributed by atoms with E-state index in [4.69, 9.17) is 10.5 Å². The van der Waals surface area contributed by atoms with E-state index in [-0.39, 0.29) is 18.1 Å². The summed E-state index contributed by atoms with van der Waals surface area (Å²) in [5, 5.41) is 2.77. The van der Waals surface area contributed by atoms with Gasteiger partial charge in [-0.2, -0.15) is 0 Å². The highest BCUT2D eigenvalue weighted by Gasteiger charge is 2.03. The number of benzene rings is 1. The fourth-order valence-corrected chi connectivity index (χ4v) is 1.17. The minimum atomic E-state index is -0.500. The van der Waals surface area contributed by atoms with Crippen LogP contribution in [0.25, 0.3) is 0 Å². The van der Waals surface area contributed by atoms with Crippen molar-refractivity contribution in [1.29, 1.82) is 0 Å². The van der Waals surface area contributed by atoms with Gasteiger partial charge in [0, 0.05) is 19.2 Å². The van der Waals surface area contributed by atoms with Gasteiger partial charge in [-0.15, -0.1) is 0 Å². The van der Waals surface area contributed by atoms with E-state index in [1.165, 1.54) is 0 Å². The van der Waals surface area contributed by atoms with Crippen LogP contribution >= 0.6 is 0 Å². The van der Waals surface area contributed by atoms with Crippen LogP contribution in [0.15, 0.2) is 23.2 Å². The Labute approximate surface area is 98.5 Å². The number of nitrogens with zero attached hydrogens (tertiary/aromatic N) is 1. The van der Waals surface area contributed by atoms with Crippen molar-refractivity contribution < 1.29 is 13.5 Å². The van der Waals surface area contributed by atoms with Gasteiger partial charge < -0.3 is 15.8 Å². The van der Waals surface area contributed by atoms with Gasteiger partial charge >= 0.3 is 0 Å². The Morgan fingerprint density at radius 2 is 2.24 bits per heavy atom. The topological polar surface area (TPSA) is 59.6 Å². The molecule has 0 aliphatic rings. The first-order chi connectivity index (χ1) is 8.13. The molecule has 1 aromatic carbocycles. The van der Waals surface area contributed by atoms with Crippen LogP contribution < -0.4 is 11.1 Å². The Hall–Kier alpha value is -1.69. The molecule has 0 saturated heterocycles. The van der Waals surface area contributed by atoms with E-state index in [1.807, 2.05) is 0 Å². The first-order valence-electron chi connectivity index (χ1n) is 5.10. The summed E-state index contributed by atoms with van der Waals surface area (Å²) < 4.78 is 30.9. The number of halogens is 2. The van der Waals surface area contributed by atoms with Gasteiger partial charge in [0.25, 0.3) is 0 Å². The van der Waals surface area contributed by atoms with Crippen molar-refractivity contribution in [2.75, 3.05) is 20.3 Å². The fraction of sp³-hybridized carbons (Fsp3) is 0.364. The zero-order chi connectivity index (χ0) is 12.7. The minimum absolute atomic E-state index is 0.00455. The van der Waals surface area contributed by atoms with Gasteiger partial charge in [-0.1, -0.05) is 0 Å². The number of hydrogen-bond acceptors (Lipinski definition) is 2. The van der Waals surface area contributed by atoms with Gasteiger partial charge in [-0.05, 0) is 18.2 Å². The van der Waals surface area contributed by atoms with Crippen molar-refractivity contribution in [3.8, 4) is 0 Å². The molecule has 6 heteroatoms. The highest BCUT2D eigenvalue weighted by atomic mass is 19.1. The van der Waals surface area contributed by atoms with Gasteiger partial charge in [0.15, 0.2) is 5.96 Å². The molecule has 0 amide bonds. The number of rotatable bonds is 5. The molecule has 94 valence electrons. The van der Waals surface area contributed by atoms with E-state index >= 15 is 0 Å². The second-order valence-corrected chi connectivity index (χ2v) is 3.36. The molecule has 0 atom stereocenters. The zero-order valence-electron chi connectivity index (χ0n) is 9.54. The molecule has 0 aliphatic heterocycles. The Balaban J connectivity index is 2.53. The van der Waals surface area contributed by atoms with Crippen LogP contribution in [0.2, 0.25) is 0 Å². The molecule has 0 unspecified atom stereocenters. The van der Waals surface area contributed by atoms with Crippen molar-refractivity contribution in [1.82, 2.24) is 5.32 Å². The van der Waals surface area contributed by atoms with Crippen LogP contribution in [-0.4, -0.2) is 26.2 Å². The lowest BCUT2D eigenvalue weighted by Crippen LogP contribution is -2.34. The van der Waals surface area contributed by atoms with Gasteiger partial charge in [-0.3, -0.25) is 0 Å². The summed E-state index contributed by atoms with van der Waals surface area (Å²) in [7, 11) is 1.57. The van der Waals surface area contributed by atoms with Gasteiger partial charge in [0.2, 0.25) is 0 Å². The summed E-state index contributed by atoms with van der Waals surface area (Å²) in [6.07, 6.45) is 0. The van der Waals surface area contributed by atoms with E-state index in [9.17, 15) is 8.78 Å². The molecular formula is C11H15F2N3O. The lowest BCUT2D eigenvalue weighted by molar-refractivity contribution is 0.204. The summed E-state index contributed by atoms with van der Waals surface area (Å²) in [5.74, 6) is -0.826. The molecule has 1 aromatic rings. The van der Waals surface area contributed by atoms with E-state index < -0.39 is 11.6 Å². The molecule has 4 nitrogen and oxygen atoms in total. The second kappa shape index (κ2) is 6.80. The standard InChI is InChI=1S/C11H15F2N3O/c1-17-5-4-15-11(14)16-7-8-6-9(12)2-3-10(8)13/h2-3,6H,4-5,7H2,1H3,(H3,14,15,16). The average Bonchev–Trinajstić information content (AvgIpc) is 2.31. The molecule has 1 rings (SSSR count). The Morgan fingerprint density at radius 1 is 1.47 bits per heavy atom. The SMILES string of the molecule is COCCNC(N)=NCc1cc(F)ccc1F. The first kappa shape index (κ1) is 13.4. The molecule has 0 spiro atoms. The minimum Gasteiger partial charge on any atom is -0.383 e. The lowest BCUT2D eigenvalue weighted by Gasteiger charge is -2.05. The van der Waals surface area contributed by atoms with Crippen LogP contribution in [0, 0.1) is 11.6 Å². The van der Waals surface area contributed by atoms with E-state index in [2.05, 4.69) is 10.3 Å². The Morgan fingerprint density at radius 3 is 2.94 bits per heavy atom. The average molecular weight is 243 g/mol. The maximum atomic E-state index is 13.2. The van der Waals surface area contributed by atoms with Crippen LogP contribution in [0.5, 0.6) is 0 Å². The zero-order valence-corrected chi connectivity index (χ0v) is 9.54. The quantitative estimate of drug-likeness (QED) is 0.461. The molecule has 17 heavy (non-hydrogen) atoms. The highest BCUT2D eigenvalue weighted by molar-refractivity contribution is 5.77. The third-order valence-corrected chi connectivity index (χ3v) is 2.04. The summed E-state index contributed by atoms with van der Waals surface area (Å²) >= 11 is 0. The molecule has 0 aromatic heterocycles. The third kappa shape index (κ3) is 4.78. The van der Waals surface area contributed by atoms with E-state index in [0.29, 0.717) is 13.2 Å². The van der Waals surface area contributed by atoms with Crippen LogP contribution in [0.3, 0.4) is 0 Å². The Bertz CT molecular complexity index is 396. The van der Waals surface area contributed by atoms with Crippen molar-refractivity contribution in [2.24, 2.45) is 10.7 Å². The number of aliphatic imine (C=N–C) groups is 1. The number of ether oxygens (including phenoxy) is 1. The maximum Gasteiger partial charge on any atom is 0.189 e. The van der Waals surface area contributed by atoms with Crippen LogP contribution in [0.4, 0.5) is 8.78 Å². The number of nitrogens with two attached hydrogens (primary N) is 1. The summed E-state index contributed by atoms with van der Waals surface area (Å²) in [6, 6.07) is 3.22. The molecule has 0 aliphatic carbocycles. The largest absolute Gasteiger partial charge is 0.383 e. The molecule has 0 heterocycles. The molecule has 3 N–H and O–H groups in total. The van der Waals surface area contributed by atoms with Gasteiger partial charge in [0.05, 0.1) is 13.2 Å². The third-order valence-electron chi connectivity index (χ3n) is 2.04. The van der Waals surface area contributed by atoms with Crippen molar-refractivity contribution in [3.05, 3.63) is 35.4 Å². The van der Waals surface area contributed by atoms with Crippen molar-refractivity contribution in [3.63, 3.8) is 0 Å². The van der Waals surface area contributed by atoms with Gasteiger partial charge in [-0.25, -0.2) is 13.8 Å². The highest BCUT2D eigenvalue weighted by Crippen LogP contribution is 2.10. The Kier molecular flexibility index (Phi) is 5.35. The normalized spacial score (nSPS) is 11.6. The number of nitrogens with one attached hydrogen (secondary N) is 1. The monoisotopic (exact) mass is 243 g/mol. The number of guanidine groups is 1. The van der Waals surface area contributed by atoms with Crippen molar-refractivity contribution in [2.45, 2.75) is 6.54 Å². The molecule has 0 fully saturated rings. The fourth-order valence-electron chi connectivity index (χ4n) is 1.17. The summed E-state index contributed by atoms with van der Waals surface area (Å²) in [5.41, 5.74) is 5.69. The van der Waals surface area contributed by atoms with Crippen molar-refractivity contribution >= 4 is 5.96 Å².